The number of benzene rings is 1. The molecule has 0 bridgehead atoms. The van der Waals surface area contributed by atoms with Gasteiger partial charge >= 0.3 is 0 Å². The van der Waals surface area contributed by atoms with Crippen LogP contribution in [0.4, 0.5) is 0 Å². The van der Waals surface area contributed by atoms with Crippen molar-refractivity contribution in [3.05, 3.63) is 36.4 Å². The summed E-state index contributed by atoms with van der Waals surface area (Å²) in [6.07, 6.45) is 2.59. The van der Waals surface area contributed by atoms with Gasteiger partial charge in [-0.25, -0.2) is 0 Å². The molecule has 0 saturated carbocycles. The van der Waals surface area contributed by atoms with Crippen molar-refractivity contribution in [3.8, 4) is 5.75 Å². The first-order valence-corrected chi connectivity index (χ1v) is 4.14. The van der Waals surface area contributed by atoms with Gasteiger partial charge in [-0.2, -0.15) is 0 Å². The van der Waals surface area contributed by atoms with Gasteiger partial charge < -0.3 is 4.74 Å². The Bertz CT molecular complexity index is 253. The van der Waals surface area contributed by atoms with Crippen LogP contribution in [-0.2, 0) is 0 Å². The molecule has 1 heteroatoms. The Morgan fingerprint density at radius 2 is 2.33 bits per heavy atom. The van der Waals surface area contributed by atoms with Crippen LogP contribution >= 0.6 is 0 Å². The van der Waals surface area contributed by atoms with Crippen molar-refractivity contribution in [2.75, 3.05) is 6.61 Å². The Morgan fingerprint density at radius 1 is 1.50 bits per heavy atom. The summed E-state index contributed by atoms with van der Waals surface area (Å²) in [5.74, 6) is 0.885. The third-order valence-corrected chi connectivity index (χ3v) is 1.52. The van der Waals surface area contributed by atoms with Crippen LogP contribution in [0.1, 0.15) is 18.9 Å². The van der Waals surface area contributed by atoms with Crippen molar-refractivity contribution in [2.45, 2.75) is 13.3 Å². The summed E-state index contributed by atoms with van der Waals surface area (Å²) >= 11 is 0. The maximum Gasteiger partial charge on any atom is 0.119 e. The van der Waals surface area contributed by atoms with Gasteiger partial charge in [-0.3, -0.25) is 0 Å². The van der Waals surface area contributed by atoms with Gasteiger partial charge in [0.05, 0.1) is 6.61 Å². The number of ether oxygens (including phenoxy) is 1. The van der Waals surface area contributed by atoms with Crippen LogP contribution in [0.15, 0.2) is 24.3 Å². The lowest BCUT2D eigenvalue weighted by molar-refractivity contribution is 0.317. The van der Waals surface area contributed by atoms with Gasteiger partial charge in [0.1, 0.15) is 5.75 Å². The average Bonchev–Trinajstić information content (AvgIpc) is 2.15. The van der Waals surface area contributed by atoms with E-state index in [2.05, 4.69) is 6.92 Å². The van der Waals surface area contributed by atoms with Gasteiger partial charge in [-0.1, -0.05) is 31.7 Å². The van der Waals surface area contributed by atoms with Crippen LogP contribution in [0.25, 0.3) is 6.08 Å². The van der Waals surface area contributed by atoms with Gasteiger partial charge in [0, 0.05) is 0 Å². The second-order valence-corrected chi connectivity index (χ2v) is 2.59. The maximum atomic E-state index is 5.42. The molecule has 0 aliphatic heterocycles. The quantitative estimate of drug-likeness (QED) is 0.659. The summed E-state index contributed by atoms with van der Waals surface area (Å²) in [6, 6.07) is 7.74. The highest BCUT2D eigenvalue weighted by Crippen LogP contribution is 2.13. The first-order valence-electron chi connectivity index (χ1n) is 4.14. The predicted molar refractivity (Wildman–Crippen MR) is 51.0 cm³/mol. The first kappa shape index (κ1) is 8.85. The summed E-state index contributed by atoms with van der Waals surface area (Å²) in [4.78, 5) is 0. The number of rotatable bonds is 4. The number of hydrogen-bond donors (Lipinski definition) is 0. The summed E-state index contributed by atoms with van der Waals surface area (Å²) in [5.41, 5.74) is 0.989. The molecule has 0 N–H and O–H groups in total. The van der Waals surface area contributed by atoms with Gasteiger partial charge in [-0.15, -0.1) is 0 Å². The summed E-state index contributed by atoms with van der Waals surface area (Å²) < 4.78 is 5.42. The van der Waals surface area contributed by atoms with E-state index in [9.17, 15) is 0 Å². The molecule has 0 unspecified atom stereocenters. The lowest BCUT2D eigenvalue weighted by atomic mass is 10.2. The smallest absolute Gasteiger partial charge is 0.119 e. The molecule has 1 radical (unpaired) electrons. The minimum Gasteiger partial charge on any atom is -0.494 e. The van der Waals surface area contributed by atoms with Crippen molar-refractivity contribution in [1.29, 1.82) is 0 Å². The zero-order chi connectivity index (χ0) is 8.81. The summed E-state index contributed by atoms with van der Waals surface area (Å²) in [6.45, 7) is 8.21. The van der Waals surface area contributed by atoms with Gasteiger partial charge in [-0.05, 0) is 24.1 Å². The lowest BCUT2D eigenvalue weighted by Gasteiger charge is -2.04. The molecule has 63 valence electrons. The van der Waals surface area contributed by atoms with Crippen molar-refractivity contribution >= 4 is 6.08 Å². The van der Waals surface area contributed by atoms with E-state index >= 15 is 0 Å². The van der Waals surface area contributed by atoms with Crippen molar-refractivity contribution < 1.29 is 4.74 Å². The standard InChI is InChI=1S/C11H13O/c1-3-8-12-11-7-5-6-10(4-2)9-11/h2,4-7,9H,3,8H2,1H3. The Kier molecular flexibility index (Phi) is 3.39. The zero-order valence-electron chi connectivity index (χ0n) is 7.29. The second kappa shape index (κ2) is 4.60. The van der Waals surface area contributed by atoms with Crippen molar-refractivity contribution in [3.63, 3.8) is 0 Å². The molecule has 1 aromatic rings. The fourth-order valence-corrected chi connectivity index (χ4v) is 0.928. The molecule has 1 rings (SSSR count). The molecule has 0 spiro atoms. The summed E-state index contributed by atoms with van der Waals surface area (Å²) in [5, 5.41) is 0. The second-order valence-electron chi connectivity index (χ2n) is 2.59. The minimum atomic E-state index is 0.758. The Balaban J connectivity index is 2.66. The Hall–Kier alpha value is -1.24. The fraction of sp³-hybridized carbons (Fsp3) is 0.273. The van der Waals surface area contributed by atoms with E-state index in [0.29, 0.717) is 0 Å². The molecule has 1 aromatic carbocycles. The topological polar surface area (TPSA) is 9.23 Å². The van der Waals surface area contributed by atoms with Crippen molar-refractivity contribution in [2.24, 2.45) is 0 Å². The predicted octanol–water partition coefficient (Wildman–Crippen LogP) is 2.92. The van der Waals surface area contributed by atoms with Gasteiger partial charge in [0.2, 0.25) is 0 Å². The molecule has 0 aliphatic carbocycles. The van der Waals surface area contributed by atoms with E-state index in [1.807, 2.05) is 24.3 Å². The van der Waals surface area contributed by atoms with Gasteiger partial charge in [0.25, 0.3) is 0 Å². The molecule has 0 heterocycles. The third-order valence-electron chi connectivity index (χ3n) is 1.52. The molecule has 0 amide bonds. The zero-order valence-corrected chi connectivity index (χ0v) is 7.29. The van der Waals surface area contributed by atoms with Crippen LogP contribution in [0, 0.1) is 6.58 Å². The molecular formula is C11H13O. The summed E-state index contributed by atoms with van der Waals surface area (Å²) in [7, 11) is 0. The van der Waals surface area contributed by atoms with Crippen LogP contribution in [0.2, 0.25) is 0 Å². The van der Waals surface area contributed by atoms with E-state index in [4.69, 9.17) is 11.3 Å². The normalized spacial score (nSPS) is 9.42. The van der Waals surface area contributed by atoms with Crippen LogP contribution in [0.5, 0.6) is 5.75 Å². The molecule has 12 heavy (non-hydrogen) atoms. The highest BCUT2D eigenvalue weighted by molar-refractivity contribution is 5.48. The first-order chi connectivity index (χ1) is 5.86. The molecule has 0 saturated heterocycles. The molecule has 0 fully saturated rings. The lowest BCUT2D eigenvalue weighted by Crippen LogP contribution is -1.94. The molecule has 0 aromatic heterocycles. The van der Waals surface area contributed by atoms with E-state index < -0.39 is 0 Å². The molecule has 0 atom stereocenters. The average molecular weight is 161 g/mol. The van der Waals surface area contributed by atoms with E-state index in [1.54, 1.807) is 6.08 Å². The van der Waals surface area contributed by atoms with Gasteiger partial charge in [0.15, 0.2) is 0 Å². The van der Waals surface area contributed by atoms with Crippen LogP contribution < -0.4 is 4.74 Å². The van der Waals surface area contributed by atoms with E-state index in [0.717, 1.165) is 24.3 Å². The fourth-order valence-electron chi connectivity index (χ4n) is 0.928. The minimum absolute atomic E-state index is 0.758. The SMILES string of the molecule is [CH]=Cc1cccc(OCCC)c1. The largest absolute Gasteiger partial charge is 0.494 e. The molecule has 1 nitrogen and oxygen atoms in total. The molecule has 0 aliphatic rings. The maximum absolute atomic E-state index is 5.42. The highest BCUT2D eigenvalue weighted by Gasteiger charge is 1.92. The Morgan fingerprint density at radius 3 is 3.00 bits per heavy atom. The molecular weight excluding hydrogens is 148 g/mol. The Labute approximate surface area is 73.7 Å². The van der Waals surface area contributed by atoms with Crippen molar-refractivity contribution in [1.82, 2.24) is 0 Å². The van der Waals surface area contributed by atoms with E-state index in [1.165, 1.54) is 0 Å². The monoisotopic (exact) mass is 161 g/mol. The third kappa shape index (κ3) is 2.42. The van der Waals surface area contributed by atoms with E-state index in [-0.39, 0.29) is 0 Å². The number of hydrogen-bond acceptors (Lipinski definition) is 1. The van der Waals surface area contributed by atoms with Crippen LogP contribution in [-0.4, -0.2) is 6.61 Å². The highest BCUT2D eigenvalue weighted by atomic mass is 16.5. The van der Waals surface area contributed by atoms with Crippen LogP contribution in [0.3, 0.4) is 0 Å².